The number of benzene rings is 2. The van der Waals surface area contributed by atoms with Crippen molar-refractivity contribution in [3.63, 3.8) is 0 Å². The summed E-state index contributed by atoms with van der Waals surface area (Å²) in [6.45, 7) is 1.05. The second-order valence-corrected chi connectivity index (χ2v) is 6.43. The summed E-state index contributed by atoms with van der Waals surface area (Å²) in [5.74, 6) is -0.839. The highest BCUT2D eigenvalue weighted by Gasteiger charge is 2.30. The van der Waals surface area contributed by atoms with Crippen LogP contribution in [0.2, 0.25) is 0 Å². The lowest BCUT2D eigenvalue weighted by Crippen LogP contribution is -2.19. The second kappa shape index (κ2) is 7.87. The molecule has 3 rings (SSSR count). The van der Waals surface area contributed by atoms with E-state index in [0.29, 0.717) is 18.8 Å². The van der Waals surface area contributed by atoms with E-state index in [4.69, 9.17) is 4.74 Å². The van der Waals surface area contributed by atoms with E-state index >= 15 is 0 Å². The van der Waals surface area contributed by atoms with E-state index in [9.17, 15) is 28.1 Å². The van der Waals surface area contributed by atoms with Crippen molar-refractivity contribution >= 4 is 17.3 Å². The molecule has 9 heteroatoms. The maximum absolute atomic E-state index is 12.7. The molecule has 0 aromatic heterocycles. The van der Waals surface area contributed by atoms with Crippen LogP contribution in [-0.4, -0.2) is 24.0 Å². The Morgan fingerprint density at radius 1 is 1.14 bits per heavy atom. The van der Waals surface area contributed by atoms with Crippen LogP contribution in [0.5, 0.6) is 0 Å². The molecule has 0 bridgehead atoms. The minimum atomic E-state index is -4.49. The molecule has 0 N–H and O–H groups in total. The SMILES string of the molecule is O=C(OCc1cccc(C(F)(F)F)c1)c1ccc(N2CCCC2)c([N+](=O)[O-])c1. The Balaban J connectivity index is 1.74. The van der Waals surface area contributed by atoms with Crippen molar-refractivity contribution in [2.24, 2.45) is 0 Å². The third kappa shape index (κ3) is 4.41. The molecule has 0 saturated carbocycles. The van der Waals surface area contributed by atoms with Crippen molar-refractivity contribution in [2.75, 3.05) is 18.0 Å². The summed E-state index contributed by atoms with van der Waals surface area (Å²) in [5, 5.41) is 11.4. The number of esters is 1. The van der Waals surface area contributed by atoms with Gasteiger partial charge < -0.3 is 9.64 Å². The van der Waals surface area contributed by atoms with Crippen LogP contribution in [0.4, 0.5) is 24.5 Å². The topological polar surface area (TPSA) is 72.7 Å². The van der Waals surface area contributed by atoms with Gasteiger partial charge in [0.2, 0.25) is 0 Å². The Morgan fingerprint density at radius 2 is 1.86 bits per heavy atom. The molecule has 0 spiro atoms. The first-order valence-corrected chi connectivity index (χ1v) is 8.62. The zero-order chi connectivity index (χ0) is 20.3. The summed E-state index contributed by atoms with van der Waals surface area (Å²) in [5.41, 5.74) is -0.452. The van der Waals surface area contributed by atoms with Gasteiger partial charge in [-0.05, 0) is 42.7 Å². The first-order chi connectivity index (χ1) is 13.3. The standard InChI is InChI=1S/C19H17F3N2O4/c20-19(21,22)15-5-3-4-13(10-15)12-28-18(25)14-6-7-16(17(11-14)24(26)27)23-8-1-2-9-23/h3-7,10-11H,1-2,8-9,12H2. The number of alkyl halides is 3. The number of rotatable bonds is 5. The summed E-state index contributed by atoms with van der Waals surface area (Å²) in [4.78, 5) is 24.9. The number of hydrogen-bond acceptors (Lipinski definition) is 5. The molecular weight excluding hydrogens is 377 g/mol. The molecule has 0 amide bonds. The predicted molar refractivity (Wildman–Crippen MR) is 95.1 cm³/mol. The molecule has 2 aromatic rings. The molecular formula is C19H17F3N2O4. The molecule has 148 valence electrons. The van der Waals surface area contributed by atoms with Crippen molar-refractivity contribution in [3.8, 4) is 0 Å². The molecule has 1 saturated heterocycles. The Morgan fingerprint density at radius 3 is 2.50 bits per heavy atom. The van der Waals surface area contributed by atoms with Crippen LogP contribution in [0.1, 0.15) is 34.3 Å². The maximum atomic E-state index is 12.7. The Hall–Kier alpha value is -3.10. The van der Waals surface area contributed by atoms with Crippen LogP contribution in [0.15, 0.2) is 42.5 Å². The fourth-order valence-corrected chi connectivity index (χ4v) is 3.09. The minimum Gasteiger partial charge on any atom is -0.457 e. The molecule has 2 aromatic carbocycles. The molecule has 6 nitrogen and oxygen atoms in total. The molecule has 0 radical (unpaired) electrons. The van der Waals surface area contributed by atoms with Gasteiger partial charge in [0.25, 0.3) is 5.69 Å². The number of nitrogens with zero attached hydrogens (tertiary/aromatic N) is 2. The van der Waals surface area contributed by atoms with E-state index in [2.05, 4.69) is 0 Å². The van der Waals surface area contributed by atoms with Crippen molar-refractivity contribution in [1.29, 1.82) is 0 Å². The van der Waals surface area contributed by atoms with E-state index < -0.39 is 22.6 Å². The minimum absolute atomic E-state index is 0.0263. The number of nitro groups is 1. The first kappa shape index (κ1) is 19.7. The third-order valence-corrected chi connectivity index (χ3v) is 4.48. The van der Waals surface area contributed by atoms with Crippen molar-refractivity contribution in [3.05, 3.63) is 69.3 Å². The summed E-state index contributed by atoms with van der Waals surface area (Å²) in [6.07, 6.45) is -2.61. The highest BCUT2D eigenvalue weighted by Crippen LogP contribution is 2.32. The van der Waals surface area contributed by atoms with Gasteiger partial charge in [-0.25, -0.2) is 4.79 Å². The monoisotopic (exact) mass is 394 g/mol. The molecule has 1 aliphatic heterocycles. The largest absolute Gasteiger partial charge is 0.457 e. The fraction of sp³-hybridized carbons (Fsp3) is 0.316. The zero-order valence-corrected chi connectivity index (χ0v) is 14.7. The zero-order valence-electron chi connectivity index (χ0n) is 14.7. The molecule has 0 atom stereocenters. The van der Waals surface area contributed by atoms with Crippen LogP contribution >= 0.6 is 0 Å². The van der Waals surface area contributed by atoms with E-state index in [1.54, 1.807) is 0 Å². The highest BCUT2D eigenvalue weighted by molar-refractivity contribution is 5.91. The molecule has 1 aliphatic rings. The van der Waals surface area contributed by atoms with E-state index in [1.165, 1.54) is 24.3 Å². The van der Waals surface area contributed by atoms with Gasteiger partial charge in [0.1, 0.15) is 12.3 Å². The summed E-state index contributed by atoms with van der Waals surface area (Å²) < 4.78 is 43.3. The Kier molecular flexibility index (Phi) is 5.53. The summed E-state index contributed by atoms with van der Waals surface area (Å²) in [6, 6.07) is 8.52. The average Bonchev–Trinajstić information content (AvgIpc) is 3.19. The Bertz CT molecular complexity index is 893. The van der Waals surface area contributed by atoms with Crippen molar-refractivity contribution in [2.45, 2.75) is 25.6 Å². The van der Waals surface area contributed by atoms with Crippen LogP contribution in [-0.2, 0) is 17.5 Å². The van der Waals surface area contributed by atoms with Crippen LogP contribution in [0.25, 0.3) is 0 Å². The number of ether oxygens (including phenoxy) is 1. The summed E-state index contributed by atoms with van der Waals surface area (Å²) >= 11 is 0. The smallest absolute Gasteiger partial charge is 0.416 e. The molecule has 28 heavy (non-hydrogen) atoms. The number of halogens is 3. The van der Waals surface area contributed by atoms with Crippen molar-refractivity contribution < 1.29 is 27.6 Å². The predicted octanol–water partition coefficient (Wildman–Crippen LogP) is 4.57. The van der Waals surface area contributed by atoms with Gasteiger partial charge in [-0.2, -0.15) is 13.2 Å². The van der Waals surface area contributed by atoms with Crippen LogP contribution in [0, 0.1) is 10.1 Å². The average molecular weight is 394 g/mol. The van der Waals surface area contributed by atoms with Gasteiger partial charge >= 0.3 is 12.1 Å². The molecule has 0 aliphatic carbocycles. The van der Waals surface area contributed by atoms with Crippen molar-refractivity contribution in [1.82, 2.24) is 0 Å². The van der Waals surface area contributed by atoms with Crippen LogP contribution in [0.3, 0.4) is 0 Å². The second-order valence-electron chi connectivity index (χ2n) is 6.43. The number of carbonyl (C=O) groups is 1. The molecule has 1 fully saturated rings. The number of hydrogen-bond donors (Lipinski definition) is 0. The number of carbonyl (C=O) groups excluding carboxylic acids is 1. The first-order valence-electron chi connectivity index (χ1n) is 8.62. The molecule has 0 unspecified atom stereocenters. The molecule has 1 heterocycles. The van der Waals surface area contributed by atoms with Gasteiger partial charge in [-0.3, -0.25) is 10.1 Å². The van der Waals surface area contributed by atoms with E-state index in [0.717, 1.165) is 31.0 Å². The lowest BCUT2D eigenvalue weighted by atomic mass is 10.1. The van der Waals surface area contributed by atoms with Gasteiger partial charge in [0.05, 0.1) is 16.1 Å². The lowest BCUT2D eigenvalue weighted by Gasteiger charge is -2.17. The third-order valence-electron chi connectivity index (χ3n) is 4.48. The highest BCUT2D eigenvalue weighted by atomic mass is 19.4. The quantitative estimate of drug-likeness (QED) is 0.422. The number of anilines is 1. The fourth-order valence-electron chi connectivity index (χ4n) is 3.09. The van der Waals surface area contributed by atoms with Gasteiger partial charge in [-0.1, -0.05) is 12.1 Å². The van der Waals surface area contributed by atoms with Gasteiger partial charge in [0.15, 0.2) is 0 Å². The van der Waals surface area contributed by atoms with Crippen LogP contribution < -0.4 is 4.90 Å². The van der Waals surface area contributed by atoms with E-state index in [1.807, 2.05) is 4.90 Å². The lowest BCUT2D eigenvalue weighted by molar-refractivity contribution is -0.384. The number of nitro benzene ring substituents is 1. The normalized spacial score (nSPS) is 14.2. The Labute approximate surface area is 158 Å². The summed E-state index contributed by atoms with van der Waals surface area (Å²) in [7, 11) is 0. The van der Waals surface area contributed by atoms with E-state index in [-0.39, 0.29) is 23.4 Å². The van der Waals surface area contributed by atoms with Gasteiger partial charge in [-0.15, -0.1) is 0 Å². The maximum Gasteiger partial charge on any atom is 0.416 e. The van der Waals surface area contributed by atoms with Gasteiger partial charge in [0, 0.05) is 19.2 Å².